The van der Waals surface area contributed by atoms with E-state index in [0.717, 1.165) is 5.56 Å². The highest BCUT2D eigenvalue weighted by atomic mass is 32.2. The molecule has 0 unspecified atom stereocenters. The van der Waals surface area contributed by atoms with Gasteiger partial charge in [0.2, 0.25) is 21.1 Å². The molecule has 2 aromatic rings. The van der Waals surface area contributed by atoms with E-state index in [4.69, 9.17) is 0 Å². The molecule has 1 saturated heterocycles. The number of benzene rings is 1. The Morgan fingerprint density at radius 2 is 2.11 bits per heavy atom. The Kier molecular flexibility index (Phi) is 7.02. The number of hydrogen-bond acceptors (Lipinski definition) is 7. The average molecular weight is 445 g/mol. The molecule has 0 spiro atoms. The van der Waals surface area contributed by atoms with Crippen LogP contribution in [0, 0.1) is 5.82 Å². The quantitative estimate of drug-likeness (QED) is 0.497. The van der Waals surface area contributed by atoms with E-state index < -0.39 is 16.1 Å². The molecule has 0 saturated carbocycles. The third-order valence-corrected chi connectivity index (χ3v) is 8.36. The van der Waals surface area contributed by atoms with Crippen LogP contribution in [0.25, 0.3) is 0 Å². The number of thioether (sulfide) groups is 1. The number of nitrogens with one attached hydrogen (secondary N) is 1. The van der Waals surface area contributed by atoms with Gasteiger partial charge in [0.25, 0.3) is 0 Å². The zero-order valence-corrected chi connectivity index (χ0v) is 17.7. The second-order valence-corrected chi connectivity index (χ2v) is 10.6. The molecular formula is C17H21FN4O3S3. The minimum atomic E-state index is -3.42. The molecule has 1 N–H and O–H groups in total. The van der Waals surface area contributed by atoms with Gasteiger partial charge >= 0.3 is 0 Å². The number of hydrogen-bond donors (Lipinski definition) is 1. The lowest BCUT2D eigenvalue weighted by atomic mass is 10.2. The molecule has 1 fully saturated rings. The van der Waals surface area contributed by atoms with E-state index in [1.807, 2.05) is 0 Å². The predicted octanol–water partition coefficient (Wildman–Crippen LogP) is 3.11. The summed E-state index contributed by atoms with van der Waals surface area (Å²) in [6.07, 6.45) is 1.67. The van der Waals surface area contributed by atoms with Crippen LogP contribution in [-0.4, -0.2) is 47.2 Å². The smallest absolute Gasteiger partial charge is 0.244 e. The number of nitrogens with zero attached hydrogens (tertiary/aromatic N) is 3. The molecule has 28 heavy (non-hydrogen) atoms. The lowest BCUT2D eigenvalue weighted by Crippen LogP contribution is -2.44. The second-order valence-electron chi connectivity index (χ2n) is 6.36. The van der Waals surface area contributed by atoms with Gasteiger partial charge in [0.05, 0.1) is 5.75 Å². The van der Waals surface area contributed by atoms with Crippen LogP contribution >= 0.6 is 23.1 Å². The molecule has 0 bridgehead atoms. The number of carbonyl (C=O) groups excluding carboxylic acids is 1. The lowest BCUT2D eigenvalue weighted by Gasteiger charge is -2.22. The highest BCUT2D eigenvalue weighted by Gasteiger charge is 2.38. The minimum Gasteiger partial charge on any atom is -0.299 e. The van der Waals surface area contributed by atoms with Crippen molar-refractivity contribution in [3.05, 3.63) is 35.6 Å². The van der Waals surface area contributed by atoms with Crippen molar-refractivity contribution in [3.63, 3.8) is 0 Å². The van der Waals surface area contributed by atoms with Crippen molar-refractivity contribution in [2.45, 2.75) is 42.3 Å². The van der Waals surface area contributed by atoms with Gasteiger partial charge in [-0.1, -0.05) is 42.2 Å². The summed E-state index contributed by atoms with van der Waals surface area (Å²) in [7, 11) is -3.42. The van der Waals surface area contributed by atoms with E-state index in [-0.39, 0.29) is 17.5 Å². The Morgan fingerprint density at radius 1 is 1.36 bits per heavy atom. The van der Waals surface area contributed by atoms with Crippen molar-refractivity contribution in [2.24, 2.45) is 0 Å². The number of carbonyl (C=O) groups is 1. The molecule has 0 radical (unpaired) electrons. The molecule has 152 valence electrons. The average Bonchev–Trinajstić information content (AvgIpc) is 3.31. The highest BCUT2D eigenvalue weighted by molar-refractivity contribution is 8.00. The Hall–Kier alpha value is -1.56. The maximum absolute atomic E-state index is 12.9. The van der Waals surface area contributed by atoms with Crippen LogP contribution in [0.1, 0.15) is 31.7 Å². The van der Waals surface area contributed by atoms with Crippen molar-refractivity contribution in [1.29, 1.82) is 0 Å². The number of sulfonamides is 1. The molecule has 1 aromatic heterocycles. The van der Waals surface area contributed by atoms with Gasteiger partial charge < -0.3 is 0 Å². The fraction of sp³-hybridized carbons (Fsp3) is 0.471. The van der Waals surface area contributed by atoms with Crippen molar-refractivity contribution >= 4 is 44.2 Å². The Bertz CT molecular complexity index is 918. The summed E-state index contributed by atoms with van der Waals surface area (Å²) < 4.78 is 39.6. The summed E-state index contributed by atoms with van der Waals surface area (Å²) in [5.74, 6) is -0.00568. The molecule has 2 heterocycles. The van der Waals surface area contributed by atoms with Crippen LogP contribution in [0.4, 0.5) is 9.52 Å². The fourth-order valence-corrected chi connectivity index (χ4v) is 6.40. The topological polar surface area (TPSA) is 92.3 Å². The minimum absolute atomic E-state index is 0.0414. The molecule has 1 aliphatic heterocycles. The van der Waals surface area contributed by atoms with E-state index in [0.29, 0.717) is 41.0 Å². The van der Waals surface area contributed by atoms with Crippen molar-refractivity contribution < 1.29 is 17.6 Å². The van der Waals surface area contributed by atoms with Gasteiger partial charge in [-0.3, -0.25) is 10.1 Å². The highest BCUT2D eigenvalue weighted by Crippen LogP contribution is 2.29. The molecule has 3 rings (SSSR count). The van der Waals surface area contributed by atoms with Gasteiger partial charge in [-0.2, -0.15) is 4.31 Å². The van der Waals surface area contributed by atoms with Gasteiger partial charge in [-0.05, 0) is 37.0 Å². The van der Waals surface area contributed by atoms with Crippen molar-refractivity contribution in [3.8, 4) is 0 Å². The molecule has 1 aliphatic rings. The number of amides is 1. The van der Waals surface area contributed by atoms with Gasteiger partial charge in [0.15, 0.2) is 4.34 Å². The molecule has 1 amide bonds. The fourth-order valence-electron chi connectivity index (χ4n) is 2.94. The Morgan fingerprint density at radius 3 is 2.82 bits per heavy atom. The zero-order chi connectivity index (χ0) is 20.1. The largest absolute Gasteiger partial charge is 0.299 e. The Balaban J connectivity index is 1.58. The van der Waals surface area contributed by atoms with Crippen LogP contribution in [0.3, 0.4) is 0 Å². The molecule has 7 nitrogen and oxygen atoms in total. The number of anilines is 1. The van der Waals surface area contributed by atoms with Gasteiger partial charge in [-0.15, -0.1) is 10.2 Å². The van der Waals surface area contributed by atoms with E-state index in [1.165, 1.54) is 39.5 Å². The van der Waals surface area contributed by atoms with Gasteiger partial charge in [0.1, 0.15) is 11.9 Å². The van der Waals surface area contributed by atoms with Crippen LogP contribution < -0.4 is 5.32 Å². The molecule has 1 atom stereocenters. The maximum Gasteiger partial charge on any atom is 0.244 e. The Labute approximate surface area is 171 Å². The first-order chi connectivity index (χ1) is 13.4. The van der Waals surface area contributed by atoms with E-state index >= 15 is 0 Å². The van der Waals surface area contributed by atoms with Crippen LogP contribution in [0.15, 0.2) is 28.6 Å². The molecule has 0 aliphatic carbocycles. The predicted molar refractivity (Wildman–Crippen MR) is 108 cm³/mol. The van der Waals surface area contributed by atoms with E-state index in [1.54, 1.807) is 19.1 Å². The molecule has 11 heteroatoms. The standard InChI is InChI=1S/C17H21FN4O3S3/c1-2-10-28(24,25)22-9-3-4-14(22)15(23)19-16-20-21-17(27-16)26-11-12-5-7-13(18)8-6-12/h5-8,14H,2-4,9-11H2,1H3,(H,19,20,23)/t14-/m1/s1. The summed E-state index contributed by atoms with van der Waals surface area (Å²) in [4.78, 5) is 12.6. The third-order valence-electron chi connectivity index (χ3n) is 4.24. The first-order valence-electron chi connectivity index (χ1n) is 8.90. The molecule has 1 aromatic carbocycles. The number of halogens is 1. The first kappa shape index (κ1) is 21.2. The lowest BCUT2D eigenvalue weighted by molar-refractivity contribution is -0.119. The summed E-state index contributed by atoms with van der Waals surface area (Å²) in [5, 5.41) is 11.0. The summed E-state index contributed by atoms with van der Waals surface area (Å²) in [5.41, 5.74) is 0.954. The summed E-state index contributed by atoms with van der Waals surface area (Å²) in [6.45, 7) is 2.17. The third kappa shape index (κ3) is 5.28. The van der Waals surface area contributed by atoms with Crippen molar-refractivity contribution in [2.75, 3.05) is 17.6 Å². The number of aromatic nitrogens is 2. The maximum atomic E-state index is 12.9. The van der Waals surface area contributed by atoms with E-state index in [2.05, 4.69) is 15.5 Å². The van der Waals surface area contributed by atoms with Crippen LogP contribution in [0.2, 0.25) is 0 Å². The normalized spacial score (nSPS) is 17.7. The zero-order valence-electron chi connectivity index (χ0n) is 15.3. The second kappa shape index (κ2) is 9.29. The summed E-state index contributed by atoms with van der Waals surface area (Å²) in [6, 6.07) is 5.52. The first-order valence-corrected chi connectivity index (χ1v) is 12.3. The van der Waals surface area contributed by atoms with Crippen molar-refractivity contribution in [1.82, 2.24) is 14.5 Å². The van der Waals surface area contributed by atoms with Crippen LogP contribution in [0.5, 0.6) is 0 Å². The van der Waals surface area contributed by atoms with Gasteiger partial charge in [0, 0.05) is 12.3 Å². The van der Waals surface area contributed by atoms with E-state index in [9.17, 15) is 17.6 Å². The number of rotatable bonds is 8. The SMILES string of the molecule is CCCS(=O)(=O)N1CCC[C@@H]1C(=O)Nc1nnc(SCc2ccc(F)cc2)s1. The van der Waals surface area contributed by atoms with Gasteiger partial charge in [-0.25, -0.2) is 12.8 Å². The molecular weight excluding hydrogens is 423 g/mol. The van der Waals surface area contributed by atoms with Crippen LogP contribution in [-0.2, 0) is 20.6 Å². The summed E-state index contributed by atoms with van der Waals surface area (Å²) >= 11 is 2.66. The monoisotopic (exact) mass is 444 g/mol.